The van der Waals surface area contributed by atoms with Gasteiger partial charge in [-0.3, -0.25) is 0 Å². The zero-order valence-corrected chi connectivity index (χ0v) is 27.1. The molecule has 0 saturated carbocycles. The molecule has 0 bridgehead atoms. The summed E-state index contributed by atoms with van der Waals surface area (Å²) < 4.78 is 21.8. The van der Waals surface area contributed by atoms with Crippen molar-refractivity contribution >= 4 is 17.9 Å². The van der Waals surface area contributed by atoms with Crippen LogP contribution >= 0.6 is 0 Å². The van der Waals surface area contributed by atoms with Crippen LogP contribution in [0.25, 0.3) is 11.1 Å². The summed E-state index contributed by atoms with van der Waals surface area (Å²) in [5.74, 6) is 12.0. The van der Waals surface area contributed by atoms with E-state index in [0.717, 1.165) is 28.3 Å². The van der Waals surface area contributed by atoms with Crippen molar-refractivity contribution in [1.29, 1.82) is 0 Å². The summed E-state index contributed by atoms with van der Waals surface area (Å²) in [6.45, 7) is 15.7. The number of hydrogen-bond acceptors (Lipinski definition) is 7. The number of hydrogen-bond donors (Lipinski definition) is 0. The smallest absolute Gasteiger partial charge is 0.338 e. The van der Waals surface area contributed by atoms with Crippen molar-refractivity contribution in [3.05, 3.63) is 144 Å². The van der Waals surface area contributed by atoms with E-state index < -0.39 is 17.9 Å². The Morgan fingerprint density at radius 1 is 0.646 bits per heavy atom. The molecule has 4 aromatic rings. The summed E-state index contributed by atoms with van der Waals surface area (Å²) in [5.41, 5.74) is 5.51. The molecule has 4 rings (SSSR count). The molecule has 0 aromatic heterocycles. The Bertz CT molecular complexity index is 2040. The lowest BCUT2D eigenvalue weighted by Gasteiger charge is -2.15. The van der Waals surface area contributed by atoms with Crippen LogP contribution in [0.3, 0.4) is 0 Å². The fourth-order valence-corrected chi connectivity index (χ4v) is 4.19. The first-order valence-electron chi connectivity index (χ1n) is 14.6. The molecule has 7 heteroatoms. The van der Waals surface area contributed by atoms with Crippen molar-refractivity contribution in [2.75, 3.05) is 7.11 Å². The van der Waals surface area contributed by atoms with Crippen LogP contribution in [0.5, 0.6) is 23.0 Å². The van der Waals surface area contributed by atoms with Crippen molar-refractivity contribution < 1.29 is 33.3 Å². The summed E-state index contributed by atoms with van der Waals surface area (Å²) in [7, 11) is 1.47. The highest BCUT2D eigenvalue weighted by Gasteiger charge is 2.20. The molecule has 0 fully saturated rings. The van der Waals surface area contributed by atoms with Crippen molar-refractivity contribution in [2.24, 2.45) is 0 Å². The molecular weight excluding hydrogens is 604 g/mol. The van der Waals surface area contributed by atoms with Gasteiger partial charge in [-0.1, -0.05) is 67.7 Å². The first-order chi connectivity index (χ1) is 23.0. The van der Waals surface area contributed by atoms with E-state index in [4.69, 9.17) is 18.9 Å². The molecule has 0 N–H and O–H groups in total. The predicted octanol–water partition coefficient (Wildman–Crippen LogP) is 7.52. The van der Waals surface area contributed by atoms with Crippen molar-refractivity contribution in [3.63, 3.8) is 0 Å². The van der Waals surface area contributed by atoms with Gasteiger partial charge in [0.1, 0.15) is 11.5 Å². The lowest BCUT2D eigenvalue weighted by atomic mass is 10.0. The Kier molecular flexibility index (Phi) is 11.2. The topological polar surface area (TPSA) is 88.1 Å². The van der Waals surface area contributed by atoms with Gasteiger partial charge in [0.15, 0.2) is 11.5 Å². The lowest BCUT2D eigenvalue weighted by Crippen LogP contribution is -2.11. The quantitative estimate of drug-likeness (QED) is 0.0856. The van der Waals surface area contributed by atoms with E-state index in [9.17, 15) is 14.4 Å². The maximum atomic E-state index is 12.6. The summed E-state index contributed by atoms with van der Waals surface area (Å²) in [4.78, 5) is 35.9. The van der Waals surface area contributed by atoms with E-state index in [-0.39, 0.29) is 17.1 Å². The van der Waals surface area contributed by atoms with Crippen LogP contribution in [0, 0.1) is 30.6 Å². The molecule has 0 aliphatic heterocycles. The van der Waals surface area contributed by atoms with Crippen LogP contribution in [0.2, 0.25) is 0 Å². The first-order valence-corrected chi connectivity index (χ1v) is 14.6. The van der Waals surface area contributed by atoms with Gasteiger partial charge < -0.3 is 18.9 Å². The van der Waals surface area contributed by atoms with E-state index in [2.05, 4.69) is 43.4 Å². The second-order valence-electron chi connectivity index (χ2n) is 10.6. The number of rotatable bonds is 8. The minimum Gasteiger partial charge on any atom is -0.492 e. The van der Waals surface area contributed by atoms with Gasteiger partial charge >= 0.3 is 17.9 Å². The SMILES string of the molecule is C=CC(=O)Oc1ccc(C#Cc2cc(C)c(C#Cc3ccc(-c4ccc(OC(=O)C(=C)C)cc4)cc3)c(OC)c2OC(=O)C(=C)C)cc1. The molecule has 0 spiro atoms. The molecule has 0 aliphatic carbocycles. The van der Waals surface area contributed by atoms with Crippen LogP contribution in [0.15, 0.2) is 116 Å². The second-order valence-corrected chi connectivity index (χ2v) is 10.6. The number of esters is 3. The number of carbonyl (C=O) groups excluding carboxylic acids is 3. The number of carbonyl (C=O) groups is 3. The van der Waals surface area contributed by atoms with Gasteiger partial charge in [0.05, 0.1) is 18.2 Å². The average Bonchev–Trinajstić information content (AvgIpc) is 3.08. The maximum Gasteiger partial charge on any atom is 0.338 e. The number of ether oxygens (including phenoxy) is 4. The number of aryl methyl sites for hydroxylation is 1. The van der Waals surface area contributed by atoms with Gasteiger partial charge in [-0.05, 0) is 92.1 Å². The molecule has 7 nitrogen and oxygen atoms in total. The highest BCUT2D eigenvalue weighted by atomic mass is 16.6. The Morgan fingerprint density at radius 3 is 1.67 bits per heavy atom. The van der Waals surface area contributed by atoms with E-state index in [1.54, 1.807) is 56.3 Å². The third-order valence-electron chi connectivity index (χ3n) is 6.72. The van der Waals surface area contributed by atoms with Gasteiger partial charge in [-0.25, -0.2) is 14.4 Å². The van der Waals surface area contributed by atoms with Gasteiger partial charge in [0.2, 0.25) is 0 Å². The molecule has 0 aliphatic rings. The van der Waals surface area contributed by atoms with Gasteiger partial charge in [0.25, 0.3) is 0 Å². The van der Waals surface area contributed by atoms with E-state index >= 15 is 0 Å². The highest BCUT2D eigenvalue weighted by molar-refractivity contribution is 5.90. The van der Waals surface area contributed by atoms with E-state index in [1.165, 1.54) is 7.11 Å². The lowest BCUT2D eigenvalue weighted by molar-refractivity contribution is -0.131. The first kappa shape index (κ1) is 34.3. The molecule has 48 heavy (non-hydrogen) atoms. The largest absolute Gasteiger partial charge is 0.492 e. The predicted molar refractivity (Wildman–Crippen MR) is 185 cm³/mol. The standard InChI is InChI=1S/C41H32O7/c1-8-37(42)46-34-20-12-30(13-21-34)11-17-33-25-28(6)36(39(45-7)38(33)48-41(44)27(4)5)24-14-29-9-15-31(16-10-29)32-18-22-35(23-19-32)47-40(43)26(2)3/h8-10,12-13,15-16,18-23,25H,1-2,4H2,3,5-7H3. The van der Waals surface area contributed by atoms with Crippen LogP contribution in [-0.2, 0) is 14.4 Å². The van der Waals surface area contributed by atoms with Crippen molar-refractivity contribution in [2.45, 2.75) is 20.8 Å². The summed E-state index contributed by atoms with van der Waals surface area (Å²) in [5, 5.41) is 0. The highest BCUT2D eigenvalue weighted by Crippen LogP contribution is 2.37. The molecule has 0 saturated heterocycles. The number of benzene rings is 4. The third kappa shape index (κ3) is 8.78. The Balaban J connectivity index is 1.64. The monoisotopic (exact) mass is 636 g/mol. The zero-order chi connectivity index (χ0) is 34.8. The van der Waals surface area contributed by atoms with Crippen LogP contribution in [0.1, 0.15) is 41.7 Å². The summed E-state index contributed by atoms with van der Waals surface area (Å²) in [6, 6.07) is 23.3. The van der Waals surface area contributed by atoms with Crippen LogP contribution < -0.4 is 18.9 Å². The third-order valence-corrected chi connectivity index (χ3v) is 6.72. The van der Waals surface area contributed by atoms with E-state index in [0.29, 0.717) is 33.8 Å². The van der Waals surface area contributed by atoms with Crippen molar-refractivity contribution in [3.8, 4) is 57.8 Å². The average molecular weight is 637 g/mol. The molecule has 0 atom stereocenters. The molecule has 0 amide bonds. The minimum atomic E-state index is -0.634. The van der Waals surface area contributed by atoms with Gasteiger partial charge in [-0.15, -0.1) is 0 Å². The van der Waals surface area contributed by atoms with Gasteiger partial charge in [0, 0.05) is 28.3 Å². The van der Waals surface area contributed by atoms with Crippen LogP contribution in [0.4, 0.5) is 0 Å². The molecule has 0 unspecified atom stereocenters. The Hall–Kier alpha value is -6.57. The number of methoxy groups -OCH3 is 1. The normalized spacial score (nSPS) is 9.83. The maximum absolute atomic E-state index is 12.6. The second kappa shape index (κ2) is 15.6. The minimum absolute atomic E-state index is 0.122. The summed E-state index contributed by atoms with van der Waals surface area (Å²) >= 11 is 0. The molecular formula is C41H32O7. The molecule has 0 heterocycles. The Morgan fingerprint density at radius 2 is 1.12 bits per heavy atom. The fraction of sp³-hybridized carbons (Fsp3) is 0.0976. The molecule has 4 aromatic carbocycles. The zero-order valence-electron chi connectivity index (χ0n) is 27.1. The Labute approximate surface area is 280 Å². The van der Waals surface area contributed by atoms with Crippen LogP contribution in [-0.4, -0.2) is 25.0 Å². The fourth-order valence-electron chi connectivity index (χ4n) is 4.19. The van der Waals surface area contributed by atoms with E-state index in [1.807, 2.05) is 43.3 Å². The molecule has 238 valence electrons. The van der Waals surface area contributed by atoms with Gasteiger partial charge in [-0.2, -0.15) is 0 Å². The summed E-state index contributed by atoms with van der Waals surface area (Å²) in [6.07, 6.45) is 1.08. The molecule has 0 radical (unpaired) electrons. The van der Waals surface area contributed by atoms with Crippen molar-refractivity contribution in [1.82, 2.24) is 0 Å².